The molecule has 1 heterocycles. The number of para-hydroxylation sites is 1. The van der Waals surface area contributed by atoms with Crippen molar-refractivity contribution in [3.63, 3.8) is 0 Å². The van der Waals surface area contributed by atoms with E-state index in [1.807, 2.05) is 36.6 Å². The highest BCUT2D eigenvalue weighted by Crippen LogP contribution is 2.23. The number of amides is 1. The van der Waals surface area contributed by atoms with E-state index in [4.69, 9.17) is 23.8 Å². The number of aromatic nitrogens is 2. The lowest BCUT2D eigenvalue weighted by Gasteiger charge is -2.11. The number of aryl methyl sites for hydroxylation is 1. The van der Waals surface area contributed by atoms with E-state index < -0.39 is 0 Å². The minimum atomic E-state index is 0.0302. The van der Waals surface area contributed by atoms with Crippen LogP contribution in [0.25, 0.3) is 11.0 Å². The molecule has 0 spiro atoms. The summed E-state index contributed by atoms with van der Waals surface area (Å²) in [4.78, 5) is 14.9. The number of hydrogen-bond donors (Lipinski definition) is 2. The number of hydrogen-bond acceptors (Lipinski definition) is 2. The first-order chi connectivity index (χ1) is 9.52. The van der Waals surface area contributed by atoms with Crippen molar-refractivity contribution in [2.24, 2.45) is 0 Å². The second-order valence-corrected chi connectivity index (χ2v) is 5.64. The highest BCUT2D eigenvalue weighted by molar-refractivity contribution is 7.71. The third kappa shape index (κ3) is 3.22. The molecule has 0 saturated heterocycles. The van der Waals surface area contributed by atoms with Gasteiger partial charge in [0.15, 0.2) is 4.77 Å². The van der Waals surface area contributed by atoms with E-state index in [9.17, 15) is 4.79 Å². The van der Waals surface area contributed by atoms with Gasteiger partial charge in [-0.1, -0.05) is 24.6 Å². The topological polar surface area (TPSA) is 49.8 Å². The molecule has 2 N–H and O–H groups in total. The summed E-state index contributed by atoms with van der Waals surface area (Å²) in [5.41, 5.74) is 1.75. The summed E-state index contributed by atoms with van der Waals surface area (Å²) in [6.45, 7) is 4.55. The third-order valence-electron chi connectivity index (χ3n) is 3.33. The Morgan fingerprint density at radius 1 is 1.55 bits per heavy atom. The van der Waals surface area contributed by atoms with Gasteiger partial charge in [0.05, 0.1) is 16.1 Å². The van der Waals surface area contributed by atoms with Gasteiger partial charge >= 0.3 is 0 Å². The number of rotatable bonds is 5. The molecule has 1 amide bonds. The lowest BCUT2D eigenvalue weighted by molar-refractivity contribution is -0.121. The van der Waals surface area contributed by atoms with E-state index in [1.54, 1.807) is 0 Å². The Morgan fingerprint density at radius 2 is 2.30 bits per heavy atom. The van der Waals surface area contributed by atoms with Crippen molar-refractivity contribution in [3.8, 4) is 0 Å². The van der Waals surface area contributed by atoms with E-state index in [2.05, 4.69) is 10.3 Å². The van der Waals surface area contributed by atoms with Crippen molar-refractivity contribution in [2.75, 3.05) is 0 Å². The molecule has 108 valence electrons. The molecule has 0 aliphatic heterocycles. The molecule has 20 heavy (non-hydrogen) atoms. The Labute approximate surface area is 128 Å². The summed E-state index contributed by atoms with van der Waals surface area (Å²) < 4.78 is 2.47. The van der Waals surface area contributed by atoms with Crippen LogP contribution in [0.4, 0.5) is 0 Å². The van der Waals surface area contributed by atoms with E-state index in [0.717, 1.165) is 17.5 Å². The standard InChI is InChI=1S/C14H18ClN3OS/c1-3-9(2)16-12(19)7-8-18-13-10(15)5-4-6-11(13)17-14(18)20/h4-6,9H,3,7-8H2,1-2H3,(H,16,19)(H,17,20). The first-order valence-electron chi connectivity index (χ1n) is 6.69. The number of carbonyl (C=O) groups is 1. The molecule has 0 fully saturated rings. The van der Waals surface area contributed by atoms with Crippen LogP contribution in [-0.4, -0.2) is 21.5 Å². The van der Waals surface area contributed by atoms with Gasteiger partial charge in [0, 0.05) is 19.0 Å². The predicted molar refractivity (Wildman–Crippen MR) is 84.6 cm³/mol. The monoisotopic (exact) mass is 311 g/mol. The van der Waals surface area contributed by atoms with Crippen LogP contribution in [0.3, 0.4) is 0 Å². The van der Waals surface area contributed by atoms with Crippen molar-refractivity contribution in [3.05, 3.63) is 28.0 Å². The van der Waals surface area contributed by atoms with Gasteiger partial charge in [0.2, 0.25) is 5.91 Å². The molecule has 0 aliphatic rings. The summed E-state index contributed by atoms with van der Waals surface area (Å²) in [5, 5.41) is 3.58. The van der Waals surface area contributed by atoms with Gasteiger partial charge in [-0.2, -0.15) is 0 Å². The Morgan fingerprint density at radius 3 is 3.00 bits per heavy atom. The van der Waals surface area contributed by atoms with Crippen molar-refractivity contribution in [1.82, 2.24) is 14.9 Å². The molecule has 1 aromatic carbocycles. The summed E-state index contributed by atoms with van der Waals surface area (Å²) in [6, 6.07) is 5.81. The Balaban J connectivity index is 2.16. The number of nitrogens with zero attached hydrogens (tertiary/aromatic N) is 1. The molecule has 0 bridgehead atoms. The first kappa shape index (κ1) is 15.1. The van der Waals surface area contributed by atoms with Crippen molar-refractivity contribution in [1.29, 1.82) is 0 Å². The summed E-state index contributed by atoms with van der Waals surface area (Å²) in [6.07, 6.45) is 1.31. The van der Waals surface area contributed by atoms with Gasteiger partial charge in [-0.3, -0.25) is 4.79 Å². The van der Waals surface area contributed by atoms with Crippen molar-refractivity contribution < 1.29 is 4.79 Å². The zero-order valence-corrected chi connectivity index (χ0v) is 13.1. The van der Waals surface area contributed by atoms with Crippen LogP contribution in [-0.2, 0) is 11.3 Å². The number of nitrogens with one attached hydrogen (secondary N) is 2. The zero-order chi connectivity index (χ0) is 14.7. The summed E-state index contributed by atoms with van der Waals surface area (Å²) in [7, 11) is 0. The average Bonchev–Trinajstić information content (AvgIpc) is 2.73. The number of imidazole rings is 1. The Kier molecular flexibility index (Phi) is 4.83. The van der Waals surface area contributed by atoms with E-state index >= 15 is 0 Å². The maximum atomic E-state index is 11.8. The molecule has 1 aromatic heterocycles. The quantitative estimate of drug-likeness (QED) is 0.828. The molecular formula is C14H18ClN3OS. The number of carbonyl (C=O) groups excluding carboxylic acids is 1. The normalized spacial score (nSPS) is 12.6. The first-order valence-corrected chi connectivity index (χ1v) is 7.48. The number of fused-ring (bicyclic) bond motifs is 1. The fraction of sp³-hybridized carbons (Fsp3) is 0.429. The Hall–Kier alpha value is -1.33. The fourth-order valence-corrected chi connectivity index (χ4v) is 2.62. The molecule has 0 saturated carbocycles. The highest BCUT2D eigenvalue weighted by Gasteiger charge is 2.10. The van der Waals surface area contributed by atoms with Crippen molar-refractivity contribution in [2.45, 2.75) is 39.3 Å². The summed E-state index contributed by atoms with van der Waals surface area (Å²) >= 11 is 11.5. The minimum absolute atomic E-state index is 0.0302. The van der Waals surface area contributed by atoms with Gasteiger partial charge in [-0.05, 0) is 37.7 Å². The molecule has 2 rings (SSSR count). The van der Waals surface area contributed by atoms with Gasteiger partial charge in [0.25, 0.3) is 0 Å². The Bertz CT molecular complexity index is 677. The molecule has 0 aliphatic carbocycles. The second kappa shape index (κ2) is 6.41. The lowest BCUT2D eigenvalue weighted by Crippen LogP contribution is -2.32. The van der Waals surface area contributed by atoms with Crippen LogP contribution in [0.5, 0.6) is 0 Å². The van der Waals surface area contributed by atoms with Gasteiger partial charge in [0.1, 0.15) is 0 Å². The lowest BCUT2D eigenvalue weighted by atomic mass is 10.2. The summed E-state index contributed by atoms with van der Waals surface area (Å²) in [5.74, 6) is 0.0302. The number of benzene rings is 1. The SMILES string of the molecule is CCC(C)NC(=O)CCn1c(=S)[nH]c2cccc(Cl)c21. The van der Waals surface area contributed by atoms with E-state index in [1.165, 1.54) is 0 Å². The largest absolute Gasteiger partial charge is 0.354 e. The smallest absolute Gasteiger partial charge is 0.222 e. The molecule has 6 heteroatoms. The zero-order valence-electron chi connectivity index (χ0n) is 11.6. The highest BCUT2D eigenvalue weighted by atomic mass is 35.5. The molecule has 4 nitrogen and oxygen atoms in total. The number of H-pyrrole nitrogens is 1. The fourth-order valence-electron chi connectivity index (χ4n) is 2.05. The van der Waals surface area contributed by atoms with Gasteiger partial charge in [-0.25, -0.2) is 0 Å². The molecule has 1 unspecified atom stereocenters. The molecule has 2 aromatic rings. The van der Waals surface area contributed by atoms with Crippen molar-refractivity contribution >= 4 is 40.8 Å². The number of halogens is 1. The van der Waals surface area contributed by atoms with Gasteiger partial charge in [-0.15, -0.1) is 0 Å². The molecule has 1 atom stereocenters. The average molecular weight is 312 g/mol. The van der Waals surface area contributed by atoms with Crippen LogP contribution in [0.2, 0.25) is 5.02 Å². The second-order valence-electron chi connectivity index (χ2n) is 4.84. The maximum Gasteiger partial charge on any atom is 0.222 e. The van der Waals surface area contributed by atoms with Crippen LogP contribution >= 0.6 is 23.8 Å². The van der Waals surface area contributed by atoms with Crippen LogP contribution in [0.1, 0.15) is 26.7 Å². The van der Waals surface area contributed by atoms with Crippen LogP contribution < -0.4 is 5.32 Å². The van der Waals surface area contributed by atoms with Gasteiger partial charge < -0.3 is 14.9 Å². The van der Waals surface area contributed by atoms with E-state index in [-0.39, 0.29) is 11.9 Å². The number of aromatic amines is 1. The van der Waals surface area contributed by atoms with Crippen LogP contribution in [0.15, 0.2) is 18.2 Å². The maximum absolute atomic E-state index is 11.8. The van der Waals surface area contributed by atoms with E-state index in [0.29, 0.717) is 22.8 Å². The third-order valence-corrected chi connectivity index (χ3v) is 3.95. The van der Waals surface area contributed by atoms with Crippen LogP contribution in [0, 0.1) is 4.77 Å². The molecule has 0 radical (unpaired) electrons. The molecular weight excluding hydrogens is 294 g/mol. The minimum Gasteiger partial charge on any atom is -0.354 e. The predicted octanol–water partition coefficient (Wildman–Crippen LogP) is 3.66.